The van der Waals surface area contributed by atoms with E-state index in [0.717, 1.165) is 12.1 Å². The highest BCUT2D eigenvalue weighted by molar-refractivity contribution is 6.30. The van der Waals surface area contributed by atoms with Crippen molar-refractivity contribution in [2.75, 3.05) is 6.54 Å². The van der Waals surface area contributed by atoms with Gasteiger partial charge in [-0.25, -0.2) is 4.39 Å². The summed E-state index contributed by atoms with van der Waals surface area (Å²) < 4.78 is 13.4. The molecule has 1 N–H and O–H groups in total. The van der Waals surface area contributed by atoms with Crippen LogP contribution in [0.3, 0.4) is 0 Å². The highest BCUT2D eigenvalue weighted by Crippen LogP contribution is 2.51. The van der Waals surface area contributed by atoms with E-state index in [1.165, 1.54) is 18.9 Å². The molecule has 0 aromatic heterocycles. The predicted molar refractivity (Wildman–Crippen MR) is 74.3 cm³/mol. The van der Waals surface area contributed by atoms with Crippen LogP contribution in [0.25, 0.3) is 0 Å². The molecule has 1 aliphatic carbocycles. The molecule has 1 aromatic carbocycles. The lowest BCUT2D eigenvalue weighted by Gasteiger charge is -2.23. The fourth-order valence-corrected chi connectivity index (χ4v) is 2.49. The summed E-state index contributed by atoms with van der Waals surface area (Å²) >= 11 is 5.69. The summed E-state index contributed by atoms with van der Waals surface area (Å²) in [6, 6.07) is 5.19. The molecule has 0 spiro atoms. The van der Waals surface area contributed by atoms with Gasteiger partial charge in [0.2, 0.25) is 0 Å². The third-order valence-corrected chi connectivity index (χ3v) is 4.63. The van der Waals surface area contributed by atoms with Gasteiger partial charge in [0.15, 0.2) is 0 Å². The number of hydrogen-bond donors (Lipinski definition) is 1. The van der Waals surface area contributed by atoms with Gasteiger partial charge in [0.25, 0.3) is 0 Å². The van der Waals surface area contributed by atoms with Gasteiger partial charge in [-0.3, -0.25) is 0 Å². The van der Waals surface area contributed by atoms with Crippen molar-refractivity contribution in [2.45, 2.75) is 39.7 Å². The molecule has 1 aromatic rings. The van der Waals surface area contributed by atoms with Gasteiger partial charge in [0.05, 0.1) is 5.02 Å². The van der Waals surface area contributed by atoms with Crippen molar-refractivity contribution < 1.29 is 4.39 Å². The first kappa shape index (κ1) is 13.8. The van der Waals surface area contributed by atoms with E-state index in [-0.39, 0.29) is 16.9 Å². The van der Waals surface area contributed by atoms with Crippen molar-refractivity contribution in [1.29, 1.82) is 0 Å². The van der Waals surface area contributed by atoms with Crippen LogP contribution >= 0.6 is 11.6 Å². The molecule has 0 bridgehead atoms. The van der Waals surface area contributed by atoms with Gasteiger partial charge >= 0.3 is 0 Å². The molecule has 1 saturated carbocycles. The van der Waals surface area contributed by atoms with Crippen molar-refractivity contribution in [3.05, 3.63) is 34.6 Å². The first-order valence-corrected chi connectivity index (χ1v) is 7.01. The predicted octanol–water partition coefficient (Wildman–Crippen LogP) is 4.57. The third-order valence-electron chi connectivity index (χ3n) is 4.32. The van der Waals surface area contributed by atoms with Crippen LogP contribution < -0.4 is 5.32 Å². The first-order valence-electron chi connectivity index (χ1n) is 6.63. The van der Waals surface area contributed by atoms with Crippen molar-refractivity contribution in [3.63, 3.8) is 0 Å². The topological polar surface area (TPSA) is 12.0 Å². The molecule has 2 rings (SSSR count). The summed E-state index contributed by atoms with van der Waals surface area (Å²) in [6.45, 7) is 7.64. The lowest BCUT2D eigenvalue weighted by Crippen LogP contribution is -2.29. The first-order chi connectivity index (χ1) is 8.44. The summed E-state index contributed by atoms with van der Waals surface area (Å²) in [4.78, 5) is 0. The van der Waals surface area contributed by atoms with Gasteiger partial charge in [-0.2, -0.15) is 0 Å². The smallest absolute Gasteiger partial charge is 0.142 e. The minimum atomic E-state index is -0.340. The SMILES string of the molecule is CC(NCC1(C(C)C)CC1)c1ccc(Cl)c(F)c1. The number of rotatable bonds is 5. The molecular formula is C15H21ClFN. The standard InChI is InChI=1S/C15H21ClFN/c1-10(2)15(6-7-15)9-18-11(3)12-4-5-13(16)14(17)8-12/h4-5,8,10-11,18H,6-7,9H2,1-3H3. The highest BCUT2D eigenvalue weighted by atomic mass is 35.5. The molecule has 1 unspecified atom stereocenters. The fourth-order valence-electron chi connectivity index (χ4n) is 2.37. The maximum atomic E-state index is 13.4. The summed E-state index contributed by atoms with van der Waals surface area (Å²) in [7, 11) is 0. The molecule has 0 amide bonds. The maximum Gasteiger partial charge on any atom is 0.142 e. The highest BCUT2D eigenvalue weighted by Gasteiger charge is 2.44. The second-order valence-electron chi connectivity index (χ2n) is 5.79. The van der Waals surface area contributed by atoms with Crippen LogP contribution in [0.5, 0.6) is 0 Å². The molecule has 0 aliphatic heterocycles. The molecule has 0 heterocycles. The Morgan fingerprint density at radius 3 is 2.50 bits per heavy atom. The van der Waals surface area contributed by atoms with Crippen molar-refractivity contribution in [2.24, 2.45) is 11.3 Å². The average Bonchev–Trinajstić information content (AvgIpc) is 3.11. The van der Waals surface area contributed by atoms with E-state index >= 15 is 0 Å². The zero-order chi connectivity index (χ0) is 13.3. The summed E-state index contributed by atoms with van der Waals surface area (Å²) in [5, 5.41) is 3.71. The third kappa shape index (κ3) is 2.86. The van der Waals surface area contributed by atoms with Crippen LogP contribution in [-0.4, -0.2) is 6.54 Å². The number of benzene rings is 1. The van der Waals surface area contributed by atoms with E-state index in [4.69, 9.17) is 11.6 Å². The van der Waals surface area contributed by atoms with Gasteiger partial charge in [0.1, 0.15) is 5.82 Å². The molecule has 1 nitrogen and oxygen atoms in total. The van der Waals surface area contributed by atoms with Crippen molar-refractivity contribution >= 4 is 11.6 Å². The lowest BCUT2D eigenvalue weighted by molar-refractivity contribution is 0.325. The Balaban J connectivity index is 1.95. The van der Waals surface area contributed by atoms with Crippen LogP contribution in [0.15, 0.2) is 18.2 Å². The van der Waals surface area contributed by atoms with E-state index in [1.807, 2.05) is 6.07 Å². The molecular weight excluding hydrogens is 249 g/mol. The Morgan fingerprint density at radius 1 is 1.33 bits per heavy atom. The molecule has 3 heteroatoms. The quantitative estimate of drug-likeness (QED) is 0.826. The average molecular weight is 270 g/mol. The van der Waals surface area contributed by atoms with Crippen LogP contribution in [0.2, 0.25) is 5.02 Å². The molecule has 100 valence electrons. The van der Waals surface area contributed by atoms with E-state index in [0.29, 0.717) is 11.3 Å². The van der Waals surface area contributed by atoms with Gasteiger partial charge in [-0.1, -0.05) is 31.5 Å². The van der Waals surface area contributed by atoms with E-state index in [9.17, 15) is 4.39 Å². The molecule has 1 atom stereocenters. The van der Waals surface area contributed by atoms with Crippen molar-refractivity contribution in [1.82, 2.24) is 5.32 Å². The Labute approximate surface area is 114 Å². The summed E-state index contributed by atoms with van der Waals surface area (Å²) in [5.74, 6) is 0.368. The van der Waals surface area contributed by atoms with Gasteiger partial charge in [-0.15, -0.1) is 0 Å². The second-order valence-corrected chi connectivity index (χ2v) is 6.20. The largest absolute Gasteiger partial charge is 0.310 e. The fraction of sp³-hybridized carbons (Fsp3) is 0.600. The summed E-state index contributed by atoms with van der Waals surface area (Å²) in [6.07, 6.45) is 2.61. The Morgan fingerprint density at radius 2 is 2.00 bits per heavy atom. The van der Waals surface area contributed by atoms with Crippen LogP contribution in [0, 0.1) is 17.2 Å². The molecule has 0 saturated heterocycles. The van der Waals surface area contributed by atoms with E-state index < -0.39 is 0 Å². The monoisotopic (exact) mass is 269 g/mol. The van der Waals surface area contributed by atoms with Gasteiger partial charge in [-0.05, 0) is 48.8 Å². The van der Waals surface area contributed by atoms with Crippen LogP contribution in [0.1, 0.15) is 45.2 Å². The number of hydrogen-bond acceptors (Lipinski definition) is 1. The van der Waals surface area contributed by atoms with Crippen LogP contribution in [0.4, 0.5) is 4.39 Å². The zero-order valence-electron chi connectivity index (χ0n) is 11.3. The molecule has 1 fully saturated rings. The Kier molecular flexibility index (Phi) is 3.98. The Hall–Kier alpha value is -0.600. The number of halogens is 2. The normalized spacial score (nSPS) is 19.0. The number of nitrogens with one attached hydrogen (secondary N) is 1. The van der Waals surface area contributed by atoms with Crippen LogP contribution in [-0.2, 0) is 0 Å². The molecule has 0 radical (unpaired) electrons. The minimum Gasteiger partial charge on any atom is -0.310 e. The van der Waals surface area contributed by atoms with Gasteiger partial charge in [0, 0.05) is 12.6 Å². The minimum absolute atomic E-state index is 0.160. The zero-order valence-corrected chi connectivity index (χ0v) is 12.0. The summed E-state index contributed by atoms with van der Waals surface area (Å²) in [5.41, 5.74) is 1.43. The lowest BCUT2D eigenvalue weighted by atomic mass is 9.92. The van der Waals surface area contributed by atoms with Crippen molar-refractivity contribution in [3.8, 4) is 0 Å². The molecule has 1 aliphatic rings. The van der Waals surface area contributed by atoms with Gasteiger partial charge < -0.3 is 5.32 Å². The van der Waals surface area contributed by atoms with E-state index in [2.05, 4.69) is 26.1 Å². The Bertz CT molecular complexity index is 427. The van der Waals surface area contributed by atoms with E-state index in [1.54, 1.807) is 6.07 Å². The maximum absolute atomic E-state index is 13.4. The second kappa shape index (κ2) is 5.18. The molecule has 18 heavy (non-hydrogen) atoms.